The lowest BCUT2D eigenvalue weighted by atomic mass is 10.00. The number of aliphatic hydroxyl groups is 1. The van der Waals surface area contributed by atoms with Crippen LogP contribution in [0.15, 0.2) is 48.5 Å². The van der Waals surface area contributed by atoms with E-state index in [0.29, 0.717) is 13.2 Å². The lowest BCUT2D eigenvalue weighted by Gasteiger charge is -2.30. The Kier molecular flexibility index (Phi) is 7.69. The van der Waals surface area contributed by atoms with Crippen LogP contribution in [0.4, 0.5) is 0 Å². The highest BCUT2D eigenvalue weighted by Gasteiger charge is 2.18. The average Bonchev–Trinajstić information content (AvgIpc) is 2.70. The van der Waals surface area contributed by atoms with E-state index >= 15 is 0 Å². The zero-order valence-corrected chi connectivity index (χ0v) is 16.4. The SMILES string of the molecule is CCCCNCc1ccc(OCC(O)CN2CCc3ccccc3C2)cc1. The molecule has 4 heteroatoms. The van der Waals surface area contributed by atoms with Crippen molar-refractivity contribution in [2.24, 2.45) is 0 Å². The third kappa shape index (κ3) is 6.35. The Hall–Kier alpha value is -1.88. The molecule has 0 amide bonds. The fourth-order valence-corrected chi connectivity index (χ4v) is 3.49. The van der Waals surface area contributed by atoms with Gasteiger partial charge in [0.15, 0.2) is 0 Å². The number of aliphatic hydroxyl groups excluding tert-OH is 1. The number of nitrogens with zero attached hydrogens (tertiary/aromatic N) is 1. The second-order valence-electron chi connectivity index (χ2n) is 7.39. The Labute approximate surface area is 163 Å². The van der Waals surface area contributed by atoms with Crippen LogP contribution < -0.4 is 10.1 Å². The summed E-state index contributed by atoms with van der Waals surface area (Å²) in [7, 11) is 0. The highest BCUT2D eigenvalue weighted by molar-refractivity contribution is 5.29. The predicted molar refractivity (Wildman–Crippen MR) is 110 cm³/mol. The second-order valence-corrected chi connectivity index (χ2v) is 7.39. The van der Waals surface area contributed by atoms with Crippen LogP contribution in [0, 0.1) is 0 Å². The summed E-state index contributed by atoms with van der Waals surface area (Å²) in [5.74, 6) is 0.815. The molecule has 0 aliphatic carbocycles. The van der Waals surface area contributed by atoms with E-state index in [1.165, 1.54) is 29.5 Å². The van der Waals surface area contributed by atoms with Gasteiger partial charge in [0.25, 0.3) is 0 Å². The quantitative estimate of drug-likeness (QED) is 0.631. The van der Waals surface area contributed by atoms with E-state index in [1.807, 2.05) is 12.1 Å². The van der Waals surface area contributed by atoms with Crippen LogP contribution >= 0.6 is 0 Å². The minimum Gasteiger partial charge on any atom is -0.491 e. The molecule has 2 aromatic rings. The summed E-state index contributed by atoms with van der Waals surface area (Å²) >= 11 is 0. The molecule has 1 atom stereocenters. The fraction of sp³-hybridized carbons (Fsp3) is 0.478. The number of hydrogen-bond acceptors (Lipinski definition) is 4. The van der Waals surface area contributed by atoms with Gasteiger partial charge in [-0.05, 0) is 48.2 Å². The summed E-state index contributed by atoms with van der Waals surface area (Å²) in [6.07, 6.45) is 3.00. The molecule has 1 aliphatic rings. The zero-order valence-electron chi connectivity index (χ0n) is 16.4. The Morgan fingerprint density at radius 3 is 2.67 bits per heavy atom. The Bertz CT molecular complexity index is 687. The van der Waals surface area contributed by atoms with Gasteiger partial charge in [0.2, 0.25) is 0 Å². The maximum absolute atomic E-state index is 10.4. The predicted octanol–water partition coefficient (Wildman–Crippen LogP) is 3.37. The van der Waals surface area contributed by atoms with E-state index in [9.17, 15) is 5.11 Å². The molecule has 0 fully saturated rings. The van der Waals surface area contributed by atoms with Crippen molar-refractivity contribution in [1.29, 1.82) is 0 Å². The first-order chi connectivity index (χ1) is 13.2. The van der Waals surface area contributed by atoms with Crippen molar-refractivity contribution in [2.45, 2.75) is 45.4 Å². The van der Waals surface area contributed by atoms with E-state index < -0.39 is 6.10 Å². The number of benzene rings is 2. The Balaban J connectivity index is 1.38. The zero-order chi connectivity index (χ0) is 18.9. The summed E-state index contributed by atoms with van der Waals surface area (Å²) < 4.78 is 5.78. The van der Waals surface area contributed by atoms with Crippen LogP contribution in [-0.4, -0.2) is 42.4 Å². The molecule has 4 nitrogen and oxygen atoms in total. The summed E-state index contributed by atoms with van der Waals surface area (Å²) in [6.45, 7) is 7.02. The molecular weight excluding hydrogens is 336 g/mol. The van der Waals surface area contributed by atoms with Gasteiger partial charge in [0.05, 0.1) is 0 Å². The first kappa shape index (κ1) is 19.9. The summed E-state index contributed by atoms with van der Waals surface area (Å²) in [5, 5.41) is 13.8. The van der Waals surface area contributed by atoms with Gasteiger partial charge in [0, 0.05) is 26.2 Å². The average molecular weight is 369 g/mol. The maximum atomic E-state index is 10.4. The fourth-order valence-electron chi connectivity index (χ4n) is 3.49. The molecule has 1 aliphatic heterocycles. The van der Waals surface area contributed by atoms with Crippen molar-refractivity contribution >= 4 is 0 Å². The molecule has 1 heterocycles. The molecule has 0 saturated heterocycles. The number of unbranched alkanes of at least 4 members (excludes halogenated alkanes) is 1. The molecule has 27 heavy (non-hydrogen) atoms. The van der Waals surface area contributed by atoms with Crippen molar-refractivity contribution in [3.8, 4) is 5.75 Å². The van der Waals surface area contributed by atoms with Gasteiger partial charge in [-0.25, -0.2) is 0 Å². The lowest BCUT2D eigenvalue weighted by Crippen LogP contribution is -2.38. The highest BCUT2D eigenvalue weighted by atomic mass is 16.5. The molecule has 2 N–H and O–H groups in total. The van der Waals surface area contributed by atoms with Crippen LogP contribution in [0.2, 0.25) is 0 Å². The molecule has 1 unspecified atom stereocenters. The number of rotatable bonds is 10. The number of β-amino-alcohol motifs (C(OH)–C–C–N with tert-alkyl or cyclic N) is 1. The van der Waals surface area contributed by atoms with E-state index in [1.54, 1.807) is 0 Å². The normalized spacial score (nSPS) is 15.3. The van der Waals surface area contributed by atoms with E-state index in [-0.39, 0.29) is 0 Å². The van der Waals surface area contributed by atoms with Crippen LogP contribution in [-0.2, 0) is 19.5 Å². The van der Waals surface area contributed by atoms with Gasteiger partial charge < -0.3 is 15.2 Å². The van der Waals surface area contributed by atoms with Crippen molar-refractivity contribution < 1.29 is 9.84 Å². The molecule has 0 spiro atoms. The molecule has 0 radical (unpaired) electrons. The van der Waals surface area contributed by atoms with Gasteiger partial charge in [0.1, 0.15) is 18.5 Å². The molecule has 0 bridgehead atoms. The van der Waals surface area contributed by atoms with E-state index in [2.05, 4.69) is 53.5 Å². The van der Waals surface area contributed by atoms with Crippen LogP contribution in [0.1, 0.15) is 36.5 Å². The van der Waals surface area contributed by atoms with Crippen molar-refractivity contribution in [3.63, 3.8) is 0 Å². The molecule has 0 saturated carbocycles. The van der Waals surface area contributed by atoms with Gasteiger partial charge in [-0.1, -0.05) is 49.7 Å². The monoisotopic (exact) mass is 368 g/mol. The maximum Gasteiger partial charge on any atom is 0.119 e. The lowest BCUT2D eigenvalue weighted by molar-refractivity contribution is 0.0638. The molecule has 0 aromatic heterocycles. The van der Waals surface area contributed by atoms with Gasteiger partial charge in [-0.3, -0.25) is 4.90 Å². The molecule has 2 aromatic carbocycles. The number of hydrogen-bond donors (Lipinski definition) is 2. The van der Waals surface area contributed by atoms with Crippen LogP contribution in [0.3, 0.4) is 0 Å². The number of ether oxygens (including phenoxy) is 1. The first-order valence-electron chi connectivity index (χ1n) is 10.1. The smallest absolute Gasteiger partial charge is 0.119 e. The molecular formula is C23H32N2O2. The third-order valence-electron chi connectivity index (χ3n) is 5.08. The van der Waals surface area contributed by atoms with Crippen molar-refractivity contribution in [3.05, 3.63) is 65.2 Å². The summed E-state index contributed by atoms with van der Waals surface area (Å²) in [4.78, 5) is 2.31. The Morgan fingerprint density at radius 1 is 1.11 bits per heavy atom. The molecule has 146 valence electrons. The van der Waals surface area contributed by atoms with E-state index in [4.69, 9.17) is 4.74 Å². The third-order valence-corrected chi connectivity index (χ3v) is 5.08. The van der Waals surface area contributed by atoms with Crippen molar-refractivity contribution in [2.75, 3.05) is 26.2 Å². The number of fused-ring (bicyclic) bond motifs is 1. The van der Waals surface area contributed by atoms with Crippen LogP contribution in [0.5, 0.6) is 5.75 Å². The summed E-state index contributed by atoms with van der Waals surface area (Å²) in [5.41, 5.74) is 4.06. The molecule has 3 rings (SSSR count). The number of nitrogens with one attached hydrogen (secondary N) is 1. The highest BCUT2D eigenvalue weighted by Crippen LogP contribution is 2.19. The Morgan fingerprint density at radius 2 is 1.89 bits per heavy atom. The largest absolute Gasteiger partial charge is 0.491 e. The van der Waals surface area contributed by atoms with Crippen molar-refractivity contribution in [1.82, 2.24) is 10.2 Å². The van der Waals surface area contributed by atoms with E-state index in [0.717, 1.165) is 38.3 Å². The minimum absolute atomic E-state index is 0.326. The van der Waals surface area contributed by atoms with Gasteiger partial charge >= 0.3 is 0 Å². The topological polar surface area (TPSA) is 44.7 Å². The van der Waals surface area contributed by atoms with Gasteiger partial charge in [-0.2, -0.15) is 0 Å². The summed E-state index contributed by atoms with van der Waals surface area (Å²) in [6, 6.07) is 16.7. The minimum atomic E-state index is -0.481. The standard InChI is InChI=1S/C23H32N2O2/c1-2-3-13-24-15-19-8-10-23(11-9-19)27-18-22(26)17-25-14-12-20-6-4-5-7-21(20)16-25/h4-11,22,24,26H,2-3,12-18H2,1H3. The van der Waals surface area contributed by atoms with Crippen LogP contribution in [0.25, 0.3) is 0 Å². The second kappa shape index (κ2) is 10.5. The van der Waals surface area contributed by atoms with Gasteiger partial charge in [-0.15, -0.1) is 0 Å². The first-order valence-corrected chi connectivity index (χ1v) is 10.1.